The van der Waals surface area contributed by atoms with Crippen molar-refractivity contribution in [2.75, 3.05) is 11.1 Å². The van der Waals surface area contributed by atoms with E-state index in [0.29, 0.717) is 17.3 Å². The second kappa shape index (κ2) is 7.90. The van der Waals surface area contributed by atoms with Gasteiger partial charge in [0.25, 0.3) is 5.91 Å². The maximum atomic E-state index is 12.9. The first-order valence-electron chi connectivity index (χ1n) is 10.8. The number of nitrogens with zero attached hydrogens (tertiary/aromatic N) is 2. The Morgan fingerprint density at radius 2 is 1.77 bits per heavy atom. The summed E-state index contributed by atoms with van der Waals surface area (Å²) in [6.07, 6.45) is 7.54. The van der Waals surface area contributed by atoms with Crippen LogP contribution in [0.3, 0.4) is 0 Å². The van der Waals surface area contributed by atoms with Crippen LogP contribution in [0.4, 0.5) is 11.5 Å². The number of carbonyl (C=O) groups is 1. The smallest absolute Gasteiger partial charge is 0.256 e. The number of hydrogen-bond acceptors (Lipinski definition) is 4. The van der Waals surface area contributed by atoms with Crippen LogP contribution in [0.25, 0.3) is 11.3 Å². The van der Waals surface area contributed by atoms with E-state index in [2.05, 4.69) is 11.4 Å². The number of aryl methyl sites for hydroxylation is 2. The van der Waals surface area contributed by atoms with Crippen LogP contribution in [0, 0.1) is 0 Å². The van der Waals surface area contributed by atoms with Gasteiger partial charge in [-0.05, 0) is 55.5 Å². The molecule has 0 radical (unpaired) electrons. The lowest BCUT2D eigenvalue weighted by molar-refractivity contribution is 0.102. The minimum Gasteiger partial charge on any atom is -0.399 e. The Hall–Kier alpha value is -3.21. The molecule has 3 N–H and O–H groups in total. The van der Waals surface area contributed by atoms with Gasteiger partial charge in [-0.2, -0.15) is 0 Å². The van der Waals surface area contributed by atoms with Gasteiger partial charge in [0.1, 0.15) is 0 Å². The predicted molar refractivity (Wildman–Crippen MR) is 120 cm³/mol. The lowest BCUT2D eigenvalue weighted by atomic mass is 9.85. The minimum atomic E-state index is -0.133. The molecule has 5 nitrogen and oxygen atoms in total. The molecule has 5 heteroatoms. The lowest BCUT2D eigenvalue weighted by Gasteiger charge is -2.26. The Bertz CT molecular complexity index is 1090. The Kier molecular flexibility index (Phi) is 4.95. The highest BCUT2D eigenvalue weighted by Gasteiger charge is 2.27. The van der Waals surface area contributed by atoms with Crippen LogP contribution in [0.1, 0.15) is 65.3 Å². The van der Waals surface area contributed by atoms with Crippen molar-refractivity contribution < 1.29 is 4.79 Å². The molecule has 0 bridgehead atoms. The molecular weight excluding hydrogens is 372 g/mol. The Labute approximate surface area is 176 Å². The van der Waals surface area contributed by atoms with Gasteiger partial charge in [-0.25, -0.2) is 9.97 Å². The molecule has 0 unspecified atom stereocenters. The SMILES string of the molecule is Nc1ccc2c(c1)CCc1nc(NC(=O)c3ccccc3)c(C3CCCCC3)nc1-2. The van der Waals surface area contributed by atoms with Gasteiger partial charge in [0, 0.05) is 22.7 Å². The van der Waals surface area contributed by atoms with Crippen LogP contribution < -0.4 is 11.1 Å². The molecule has 0 saturated heterocycles. The summed E-state index contributed by atoms with van der Waals surface area (Å²) in [5.41, 5.74) is 12.6. The average molecular weight is 399 g/mol. The zero-order valence-electron chi connectivity index (χ0n) is 17.0. The molecule has 1 fully saturated rings. The van der Waals surface area contributed by atoms with Gasteiger partial charge >= 0.3 is 0 Å². The Morgan fingerprint density at radius 1 is 0.967 bits per heavy atom. The average Bonchev–Trinajstić information content (AvgIpc) is 2.79. The zero-order valence-corrected chi connectivity index (χ0v) is 17.0. The predicted octanol–water partition coefficient (Wildman–Crippen LogP) is 5.12. The Balaban J connectivity index is 1.58. The Morgan fingerprint density at radius 3 is 2.57 bits per heavy atom. The van der Waals surface area contributed by atoms with Gasteiger partial charge in [0.15, 0.2) is 5.82 Å². The molecule has 30 heavy (non-hydrogen) atoms. The minimum absolute atomic E-state index is 0.133. The van der Waals surface area contributed by atoms with E-state index in [4.69, 9.17) is 15.7 Å². The van der Waals surface area contributed by atoms with Crippen molar-refractivity contribution in [3.8, 4) is 11.3 Å². The van der Waals surface area contributed by atoms with E-state index in [9.17, 15) is 4.79 Å². The fourth-order valence-electron chi connectivity index (χ4n) is 4.70. The first-order valence-corrected chi connectivity index (χ1v) is 10.8. The first-order chi connectivity index (χ1) is 14.7. The van der Waals surface area contributed by atoms with Crippen LogP contribution in [0.15, 0.2) is 48.5 Å². The summed E-state index contributed by atoms with van der Waals surface area (Å²) in [6.45, 7) is 0. The number of aromatic nitrogens is 2. The van der Waals surface area contributed by atoms with Crippen molar-refractivity contribution in [2.24, 2.45) is 0 Å². The second-order valence-electron chi connectivity index (χ2n) is 8.32. The standard InChI is InChI=1S/C25H26N4O/c26-19-12-13-20-18(15-19)11-14-21-23(20)28-22(16-7-3-1-4-8-16)24(27-21)29-25(30)17-9-5-2-6-10-17/h2,5-6,9-10,12-13,15-16H,1,3-4,7-8,11,14,26H2,(H,27,29,30). The van der Waals surface area contributed by atoms with Gasteiger partial charge in [0.2, 0.25) is 0 Å². The van der Waals surface area contributed by atoms with E-state index < -0.39 is 0 Å². The fourth-order valence-corrected chi connectivity index (χ4v) is 4.70. The summed E-state index contributed by atoms with van der Waals surface area (Å²) in [6, 6.07) is 15.3. The molecule has 1 saturated carbocycles. The van der Waals surface area contributed by atoms with Crippen LogP contribution >= 0.6 is 0 Å². The molecular formula is C25H26N4O. The molecule has 2 aliphatic carbocycles. The topological polar surface area (TPSA) is 80.9 Å². The number of fused-ring (bicyclic) bond motifs is 3. The van der Waals surface area contributed by atoms with Crippen molar-refractivity contribution in [3.63, 3.8) is 0 Å². The molecule has 0 atom stereocenters. The van der Waals surface area contributed by atoms with E-state index in [1.54, 1.807) is 0 Å². The molecule has 152 valence electrons. The summed E-state index contributed by atoms with van der Waals surface area (Å²) < 4.78 is 0. The molecule has 5 rings (SSSR count). The van der Waals surface area contributed by atoms with E-state index in [1.807, 2.05) is 42.5 Å². The van der Waals surface area contributed by atoms with Crippen LogP contribution in [-0.4, -0.2) is 15.9 Å². The number of anilines is 2. The van der Waals surface area contributed by atoms with Gasteiger partial charge in [-0.1, -0.05) is 43.5 Å². The molecule has 3 aromatic rings. The van der Waals surface area contributed by atoms with Gasteiger partial charge in [-0.15, -0.1) is 0 Å². The third kappa shape index (κ3) is 3.56. The van der Waals surface area contributed by atoms with Crippen LogP contribution in [-0.2, 0) is 12.8 Å². The number of nitrogens with one attached hydrogen (secondary N) is 1. The summed E-state index contributed by atoms with van der Waals surface area (Å²) in [7, 11) is 0. The highest BCUT2D eigenvalue weighted by Crippen LogP contribution is 2.39. The number of nitrogen functional groups attached to an aromatic ring is 1. The second-order valence-corrected chi connectivity index (χ2v) is 8.32. The molecule has 2 aliphatic rings. The van der Waals surface area contributed by atoms with Crippen molar-refractivity contribution in [1.82, 2.24) is 9.97 Å². The van der Waals surface area contributed by atoms with Gasteiger partial charge in [-0.3, -0.25) is 4.79 Å². The molecule has 1 aromatic heterocycles. The van der Waals surface area contributed by atoms with Crippen molar-refractivity contribution >= 4 is 17.4 Å². The fraction of sp³-hybridized carbons (Fsp3) is 0.320. The zero-order chi connectivity index (χ0) is 20.5. The molecule has 0 spiro atoms. The van der Waals surface area contributed by atoms with E-state index in [1.165, 1.54) is 24.8 Å². The first kappa shape index (κ1) is 18.8. The molecule has 0 aliphatic heterocycles. The molecule has 1 amide bonds. The number of carbonyl (C=O) groups excluding carboxylic acids is 1. The molecule has 2 aromatic carbocycles. The van der Waals surface area contributed by atoms with Crippen molar-refractivity contribution in [2.45, 2.75) is 50.9 Å². The highest BCUT2D eigenvalue weighted by atomic mass is 16.1. The quantitative estimate of drug-likeness (QED) is 0.600. The monoisotopic (exact) mass is 398 g/mol. The van der Waals surface area contributed by atoms with Crippen LogP contribution in [0.5, 0.6) is 0 Å². The van der Waals surface area contributed by atoms with Gasteiger partial charge < -0.3 is 11.1 Å². The number of hydrogen-bond donors (Lipinski definition) is 2. The van der Waals surface area contributed by atoms with E-state index in [-0.39, 0.29) is 5.91 Å². The van der Waals surface area contributed by atoms with E-state index >= 15 is 0 Å². The number of rotatable bonds is 3. The number of amides is 1. The summed E-state index contributed by atoms with van der Waals surface area (Å²) in [4.78, 5) is 22.9. The third-order valence-electron chi connectivity index (χ3n) is 6.27. The summed E-state index contributed by atoms with van der Waals surface area (Å²) in [5, 5.41) is 3.07. The largest absolute Gasteiger partial charge is 0.399 e. The normalized spacial score (nSPS) is 15.9. The number of benzene rings is 2. The maximum absolute atomic E-state index is 12.9. The number of nitrogens with two attached hydrogens (primary N) is 1. The maximum Gasteiger partial charge on any atom is 0.256 e. The van der Waals surface area contributed by atoms with Crippen molar-refractivity contribution in [1.29, 1.82) is 0 Å². The molecule has 1 heterocycles. The van der Waals surface area contributed by atoms with E-state index in [0.717, 1.165) is 54.0 Å². The van der Waals surface area contributed by atoms with Gasteiger partial charge in [0.05, 0.1) is 17.1 Å². The van der Waals surface area contributed by atoms with Crippen molar-refractivity contribution in [3.05, 3.63) is 71.0 Å². The van der Waals surface area contributed by atoms with Crippen LogP contribution in [0.2, 0.25) is 0 Å². The lowest BCUT2D eigenvalue weighted by Crippen LogP contribution is -2.20. The summed E-state index contributed by atoms with van der Waals surface area (Å²) in [5.74, 6) is 0.834. The third-order valence-corrected chi connectivity index (χ3v) is 6.27. The highest BCUT2D eigenvalue weighted by molar-refractivity contribution is 6.04. The summed E-state index contributed by atoms with van der Waals surface area (Å²) >= 11 is 0.